The Kier molecular flexibility index (Phi) is 2.86. The molecule has 3 heteroatoms. The molecule has 0 radical (unpaired) electrons. The van der Waals surface area contributed by atoms with E-state index in [-0.39, 0.29) is 0 Å². The van der Waals surface area contributed by atoms with Crippen molar-refractivity contribution in [1.82, 2.24) is 4.90 Å². The fourth-order valence-corrected chi connectivity index (χ4v) is 3.42. The monoisotopic (exact) mass is 245 g/mol. The van der Waals surface area contributed by atoms with E-state index in [1.807, 2.05) is 18.2 Å². The second-order valence-electron chi connectivity index (χ2n) is 5.61. The van der Waals surface area contributed by atoms with Crippen LogP contribution in [0.4, 0.5) is 0 Å². The highest BCUT2D eigenvalue weighted by Crippen LogP contribution is 2.45. The Bertz CT molecular complexity index is 465. The van der Waals surface area contributed by atoms with Crippen LogP contribution in [0, 0.1) is 0 Å². The highest BCUT2D eigenvalue weighted by molar-refractivity contribution is 5.87. The normalized spacial score (nSPS) is 22.0. The first kappa shape index (κ1) is 11.7. The van der Waals surface area contributed by atoms with Crippen molar-refractivity contribution in [2.45, 2.75) is 44.2 Å². The molecule has 0 bridgehead atoms. The van der Waals surface area contributed by atoms with Gasteiger partial charge < -0.3 is 5.11 Å². The Morgan fingerprint density at radius 2 is 2.06 bits per heavy atom. The zero-order valence-corrected chi connectivity index (χ0v) is 10.6. The van der Waals surface area contributed by atoms with Gasteiger partial charge in [-0.25, -0.2) is 4.79 Å². The molecular weight excluding hydrogens is 226 g/mol. The number of likely N-dealkylation sites (tertiary alicyclic amines) is 1. The number of hydrogen-bond acceptors (Lipinski definition) is 2. The third kappa shape index (κ3) is 1.93. The van der Waals surface area contributed by atoms with Crippen LogP contribution in [0.25, 0.3) is 0 Å². The number of hydrogen-bond donors (Lipinski definition) is 1. The average molecular weight is 245 g/mol. The summed E-state index contributed by atoms with van der Waals surface area (Å²) < 4.78 is 0. The number of nitrogens with zero attached hydrogens (tertiary/aromatic N) is 1. The van der Waals surface area contributed by atoms with Crippen LogP contribution in [-0.4, -0.2) is 28.1 Å². The van der Waals surface area contributed by atoms with Crippen molar-refractivity contribution in [3.63, 3.8) is 0 Å². The molecule has 1 saturated heterocycles. The maximum Gasteiger partial charge on any atom is 0.335 e. The lowest BCUT2D eigenvalue weighted by Crippen LogP contribution is -2.48. The zero-order valence-electron chi connectivity index (χ0n) is 10.6. The third-order valence-corrected chi connectivity index (χ3v) is 4.57. The predicted molar refractivity (Wildman–Crippen MR) is 69.6 cm³/mol. The summed E-state index contributed by atoms with van der Waals surface area (Å²) in [5, 5.41) is 9.02. The second-order valence-corrected chi connectivity index (χ2v) is 5.61. The number of carboxylic acids is 1. The maximum atomic E-state index is 11.0. The Balaban J connectivity index is 1.76. The van der Waals surface area contributed by atoms with Gasteiger partial charge >= 0.3 is 5.97 Å². The smallest absolute Gasteiger partial charge is 0.335 e. The van der Waals surface area contributed by atoms with Gasteiger partial charge in [-0.15, -0.1) is 0 Å². The second kappa shape index (κ2) is 4.39. The van der Waals surface area contributed by atoms with Gasteiger partial charge in [-0.1, -0.05) is 12.1 Å². The Labute approximate surface area is 107 Å². The predicted octanol–water partition coefficient (Wildman–Crippen LogP) is 2.90. The molecule has 0 amide bonds. The molecule has 0 atom stereocenters. The van der Waals surface area contributed by atoms with E-state index in [0.29, 0.717) is 11.1 Å². The van der Waals surface area contributed by atoms with Crippen LogP contribution in [0.5, 0.6) is 0 Å². The van der Waals surface area contributed by atoms with Crippen LogP contribution in [-0.2, 0) is 6.54 Å². The van der Waals surface area contributed by atoms with Crippen molar-refractivity contribution in [3.8, 4) is 0 Å². The molecule has 0 aromatic heterocycles. The molecule has 1 aliphatic heterocycles. The molecule has 1 aromatic carbocycles. The van der Waals surface area contributed by atoms with E-state index in [1.54, 1.807) is 6.07 Å². The first-order chi connectivity index (χ1) is 8.70. The first-order valence-electron chi connectivity index (χ1n) is 6.77. The van der Waals surface area contributed by atoms with Crippen LogP contribution in [0.15, 0.2) is 24.3 Å². The van der Waals surface area contributed by atoms with Crippen molar-refractivity contribution in [3.05, 3.63) is 35.4 Å². The van der Waals surface area contributed by atoms with Crippen molar-refractivity contribution < 1.29 is 9.90 Å². The molecule has 96 valence electrons. The molecule has 1 heterocycles. The summed E-state index contributed by atoms with van der Waals surface area (Å²) in [4.78, 5) is 13.5. The SMILES string of the molecule is O=C(O)c1cccc(CN2CCCC23CCC3)c1. The van der Waals surface area contributed by atoms with E-state index >= 15 is 0 Å². The maximum absolute atomic E-state index is 11.0. The number of carbonyl (C=O) groups is 1. The number of carboxylic acid groups (broad SMARTS) is 1. The molecule has 1 saturated carbocycles. The minimum Gasteiger partial charge on any atom is -0.478 e. The summed E-state index contributed by atoms with van der Waals surface area (Å²) in [6.45, 7) is 2.07. The highest BCUT2D eigenvalue weighted by atomic mass is 16.4. The molecule has 1 spiro atoms. The van der Waals surface area contributed by atoms with Gasteiger partial charge in [0, 0.05) is 12.1 Å². The summed E-state index contributed by atoms with van der Waals surface area (Å²) in [6.07, 6.45) is 6.62. The molecule has 0 unspecified atom stereocenters. The molecule has 3 rings (SSSR count). The molecule has 18 heavy (non-hydrogen) atoms. The van der Waals surface area contributed by atoms with Crippen molar-refractivity contribution in [1.29, 1.82) is 0 Å². The first-order valence-corrected chi connectivity index (χ1v) is 6.77. The van der Waals surface area contributed by atoms with Crippen molar-refractivity contribution >= 4 is 5.97 Å². The zero-order chi connectivity index (χ0) is 12.6. The van der Waals surface area contributed by atoms with Gasteiger partial charge in [0.15, 0.2) is 0 Å². The number of benzene rings is 1. The minimum atomic E-state index is -0.836. The van der Waals surface area contributed by atoms with E-state index in [1.165, 1.54) is 32.1 Å². The number of aromatic carboxylic acids is 1. The molecule has 3 nitrogen and oxygen atoms in total. The van der Waals surface area contributed by atoms with Gasteiger partial charge in [0.1, 0.15) is 0 Å². The van der Waals surface area contributed by atoms with Gasteiger partial charge in [-0.2, -0.15) is 0 Å². The Morgan fingerprint density at radius 1 is 1.28 bits per heavy atom. The molecule has 2 aliphatic rings. The van der Waals surface area contributed by atoms with Crippen molar-refractivity contribution in [2.24, 2.45) is 0 Å². The number of rotatable bonds is 3. The van der Waals surface area contributed by atoms with Gasteiger partial charge in [-0.3, -0.25) is 4.90 Å². The third-order valence-electron chi connectivity index (χ3n) is 4.57. The summed E-state index contributed by atoms with van der Waals surface area (Å²) >= 11 is 0. The molecule has 2 fully saturated rings. The highest BCUT2D eigenvalue weighted by Gasteiger charge is 2.45. The largest absolute Gasteiger partial charge is 0.478 e. The lowest BCUT2D eigenvalue weighted by atomic mass is 9.75. The van der Waals surface area contributed by atoms with Gasteiger partial charge in [0.25, 0.3) is 0 Å². The van der Waals surface area contributed by atoms with E-state index in [9.17, 15) is 4.79 Å². The van der Waals surface area contributed by atoms with E-state index < -0.39 is 5.97 Å². The Morgan fingerprint density at radius 3 is 2.72 bits per heavy atom. The summed E-state index contributed by atoms with van der Waals surface area (Å²) in [5.41, 5.74) is 1.98. The van der Waals surface area contributed by atoms with E-state index in [4.69, 9.17) is 5.11 Å². The van der Waals surface area contributed by atoms with Crippen LogP contribution < -0.4 is 0 Å². The van der Waals surface area contributed by atoms with Gasteiger partial charge in [0.2, 0.25) is 0 Å². The lowest BCUT2D eigenvalue weighted by Gasteiger charge is -2.46. The molecular formula is C15H19NO2. The molecule has 1 aliphatic carbocycles. The lowest BCUT2D eigenvalue weighted by molar-refractivity contribution is 0.0495. The van der Waals surface area contributed by atoms with Crippen LogP contribution >= 0.6 is 0 Å². The summed E-state index contributed by atoms with van der Waals surface area (Å²) in [7, 11) is 0. The summed E-state index contributed by atoms with van der Waals surface area (Å²) in [6, 6.07) is 7.36. The fraction of sp³-hybridized carbons (Fsp3) is 0.533. The molecule has 1 aromatic rings. The molecule has 1 N–H and O–H groups in total. The fourth-order valence-electron chi connectivity index (χ4n) is 3.42. The minimum absolute atomic E-state index is 0.398. The quantitative estimate of drug-likeness (QED) is 0.890. The van der Waals surface area contributed by atoms with Crippen LogP contribution in [0.1, 0.15) is 48.0 Å². The van der Waals surface area contributed by atoms with Crippen LogP contribution in [0.2, 0.25) is 0 Å². The Hall–Kier alpha value is -1.35. The van der Waals surface area contributed by atoms with Crippen molar-refractivity contribution in [2.75, 3.05) is 6.54 Å². The van der Waals surface area contributed by atoms with Gasteiger partial charge in [0.05, 0.1) is 5.56 Å². The standard InChI is InChI=1S/C15H19NO2/c17-14(18)13-5-1-4-12(10-13)11-16-9-3-8-15(16)6-2-7-15/h1,4-5,10H,2-3,6-9,11H2,(H,17,18). The van der Waals surface area contributed by atoms with Crippen LogP contribution in [0.3, 0.4) is 0 Å². The summed E-state index contributed by atoms with van der Waals surface area (Å²) in [5.74, 6) is -0.836. The topological polar surface area (TPSA) is 40.5 Å². The van der Waals surface area contributed by atoms with E-state index in [0.717, 1.165) is 18.7 Å². The van der Waals surface area contributed by atoms with Gasteiger partial charge in [-0.05, 0) is 56.3 Å². The average Bonchev–Trinajstić information content (AvgIpc) is 2.73. The van der Waals surface area contributed by atoms with E-state index in [2.05, 4.69) is 4.90 Å².